The zero-order valence-electron chi connectivity index (χ0n) is 14.2. The summed E-state index contributed by atoms with van der Waals surface area (Å²) in [5.74, 6) is -1.57. The number of aromatic carboxylic acids is 1. The largest absolute Gasteiger partial charge is 0.478 e. The van der Waals surface area contributed by atoms with Crippen LogP contribution in [0.25, 0.3) is 0 Å². The molecule has 2 aromatic carbocycles. The number of para-hydroxylation sites is 1. The summed E-state index contributed by atoms with van der Waals surface area (Å²) in [7, 11) is -4.11. The summed E-state index contributed by atoms with van der Waals surface area (Å²) in [6.07, 6.45) is 1.84. The number of benzene rings is 2. The number of halogens is 1. The average Bonchev–Trinajstić information content (AvgIpc) is 3.16. The van der Waals surface area contributed by atoms with Crippen LogP contribution in [-0.4, -0.2) is 43.4 Å². The van der Waals surface area contributed by atoms with Gasteiger partial charge in [0.15, 0.2) is 0 Å². The van der Waals surface area contributed by atoms with Gasteiger partial charge in [0.05, 0.1) is 26.7 Å². The van der Waals surface area contributed by atoms with E-state index in [0.29, 0.717) is 13.1 Å². The molecule has 0 bridgehead atoms. The van der Waals surface area contributed by atoms with Crippen LogP contribution in [0.2, 0.25) is 5.02 Å². The van der Waals surface area contributed by atoms with E-state index >= 15 is 0 Å². The molecule has 9 heteroatoms. The van der Waals surface area contributed by atoms with Crippen LogP contribution >= 0.6 is 11.6 Å². The maximum absolute atomic E-state index is 12.7. The van der Waals surface area contributed by atoms with E-state index in [4.69, 9.17) is 16.7 Å². The Morgan fingerprint density at radius 2 is 1.70 bits per heavy atom. The lowest BCUT2D eigenvalue weighted by Gasteiger charge is -2.18. The van der Waals surface area contributed by atoms with E-state index in [9.17, 15) is 18.0 Å². The van der Waals surface area contributed by atoms with E-state index in [1.165, 1.54) is 18.2 Å². The fourth-order valence-electron chi connectivity index (χ4n) is 2.89. The van der Waals surface area contributed by atoms with Crippen molar-refractivity contribution in [1.29, 1.82) is 0 Å². The first-order valence-electron chi connectivity index (χ1n) is 8.23. The number of amides is 1. The van der Waals surface area contributed by atoms with Crippen molar-refractivity contribution in [2.75, 3.05) is 17.8 Å². The van der Waals surface area contributed by atoms with Gasteiger partial charge in [-0.25, -0.2) is 13.2 Å². The number of hydrogen-bond donors (Lipinski definition) is 2. The summed E-state index contributed by atoms with van der Waals surface area (Å²) >= 11 is 5.79. The molecule has 0 saturated carbocycles. The van der Waals surface area contributed by atoms with Gasteiger partial charge in [-0.05, 0) is 43.2 Å². The summed E-state index contributed by atoms with van der Waals surface area (Å²) in [6, 6.07) is 9.73. The molecule has 1 saturated heterocycles. The molecule has 0 unspecified atom stereocenters. The second-order valence-corrected chi connectivity index (χ2v) is 8.19. The number of likely N-dealkylation sites (tertiary alicyclic amines) is 1. The molecule has 0 spiro atoms. The Morgan fingerprint density at radius 1 is 1.04 bits per heavy atom. The van der Waals surface area contributed by atoms with Crippen molar-refractivity contribution in [2.24, 2.45) is 0 Å². The monoisotopic (exact) mass is 408 g/mol. The smallest absolute Gasteiger partial charge is 0.337 e. The summed E-state index contributed by atoms with van der Waals surface area (Å²) < 4.78 is 27.8. The van der Waals surface area contributed by atoms with Gasteiger partial charge in [-0.15, -0.1) is 0 Å². The lowest BCUT2D eigenvalue weighted by atomic mass is 10.1. The Bertz CT molecular complexity index is 1000. The first-order chi connectivity index (χ1) is 12.8. The van der Waals surface area contributed by atoms with Crippen molar-refractivity contribution >= 4 is 39.2 Å². The van der Waals surface area contributed by atoms with Crippen molar-refractivity contribution < 1.29 is 23.1 Å². The molecule has 27 heavy (non-hydrogen) atoms. The highest BCUT2D eigenvalue weighted by Gasteiger charge is 2.24. The molecule has 0 aromatic heterocycles. The van der Waals surface area contributed by atoms with Gasteiger partial charge >= 0.3 is 5.97 Å². The highest BCUT2D eigenvalue weighted by molar-refractivity contribution is 7.92. The molecule has 1 aliphatic heterocycles. The van der Waals surface area contributed by atoms with Crippen molar-refractivity contribution in [3.05, 3.63) is 58.6 Å². The number of sulfonamides is 1. The second kappa shape index (κ2) is 7.58. The highest BCUT2D eigenvalue weighted by Crippen LogP contribution is 2.25. The first kappa shape index (κ1) is 19.2. The minimum Gasteiger partial charge on any atom is -0.478 e. The van der Waals surface area contributed by atoms with Crippen molar-refractivity contribution in [1.82, 2.24) is 4.90 Å². The molecule has 1 heterocycles. The van der Waals surface area contributed by atoms with Crippen LogP contribution in [0.15, 0.2) is 47.4 Å². The maximum Gasteiger partial charge on any atom is 0.337 e. The van der Waals surface area contributed by atoms with Crippen LogP contribution in [0.4, 0.5) is 5.69 Å². The number of anilines is 1. The number of carboxylic acids is 1. The third-order valence-electron chi connectivity index (χ3n) is 4.27. The van der Waals surface area contributed by atoms with Crippen molar-refractivity contribution in [2.45, 2.75) is 17.7 Å². The molecule has 142 valence electrons. The van der Waals surface area contributed by atoms with Crippen molar-refractivity contribution in [3.63, 3.8) is 0 Å². The molecular formula is C18H17ClN2O5S. The molecule has 7 nitrogen and oxygen atoms in total. The van der Waals surface area contributed by atoms with Gasteiger partial charge in [-0.3, -0.25) is 9.52 Å². The quantitative estimate of drug-likeness (QED) is 0.791. The fourth-order valence-corrected chi connectivity index (χ4v) is 4.19. The third kappa shape index (κ3) is 4.06. The number of hydrogen-bond acceptors (Lipinski definition) is 4. The number of carbonyl (C=O) groups is 2. The standard InChI is InChI=1S/C18H17ClN2O5S/c19-15-8-7-12(11-14(15)18(23)24)27(25,26)20-16-6-2-1-5-13(16)17(22)21-9-3-4-10-21/h1-2,5-8,11,20H,3-4,9-10H2,(H,23,24). The fraction of sp³-hybridized carbons (Fsp3) is 0.222. The molecule has 0 aliphatic carbocycles. The molecule has 1 amide bonds. The molecule has 0 atom stereocenters. The molecule has 1 fully saturated rings. The molecule has 1 aliphatic rings. The van der Waals surface area contributed by atoms with Crippen LogP contribution in [0, 0.1) is 0 Å². The number of carbonyl (C=O) groups excluding carboxylic acids is 1. The zero-order chi connectivity index (χ0) is 19.6. The van der Waals surface area contributed by atoms with E-state index in [0.717, 1.165) is 18.9 Å². The van der Waals surface area contributed by atoms with Crippen LogP contribution in [0.1, 0.15) is 33.6 Å². The van der Waals surface area contributed by atoms with Gasteiger partial charge in [-0.2, -0.15) is 0 Å². The summed E-state index contributed by atoms with van der Waals surface area (Å²) in [5, 5.41) is 9.07. The predicted molar refractivity (Wildman–Crippen MR) is 101 cm³/mol. The van der Waals surface area contributed by atoms with E-state index in [2.05, 4.69) is 4.72 Å². The molecule has 0 radical (unpaired) electrons. The predicted octanol–water partition coefficient (Wildman–Crippen LogP) is 3.08. The average molecular weight is 409 g/mol. The topological polar surface area (TPSA) is 104 Å². The van der Waals surface area contributed by atoms with Gasteiger partial charge in [0.1, 0.15) is 0 Å². The van der Waals surface area contributed by atoms with E-state index in [1.807, 2.05) is 0 Å². The summed E-state index contributed by atoms with van der Waals surface area (Å²) in [4.78, 5) is 25.3. The van der Waals surface area contributed by atoms with Gasteiger partial charge < -0.3 is 10.0 Å². The minimum atomic E-state index is -4.11. The van der Waals surface area contributed by atoms with Crippen LogP contribution < -0.4 is 4.72 Å². The van der Waals surface area contributed by atoms with Gasteiger partial charge in [0.2, 0.25) is 0 Å². The Labute approximate surface area is 161 Å². The number of carboxylic acid groups (broad SMARTS) is 1. The van der Waals surface area contributed by atoms with Gasteiger partial charge in [-0.1, -0.05) is 23.7 Å². The molecular weight excluding hydrogens is 392 g/mol. The Kier molecular flexibility index (Phi) is 5.38. The normalized spacial score (nSPS) is 14.2. The third-order valence-corrected chi connectivity index (χ3v) is 5.97. The minimum absolute atomic E-state index is 0.0638. The number of rotatable bonds is 5. The SMILES string of the molecule is O=C(O)c1cc(S(=O)(=O)Nc2ccccc2C(=O)N2CCCC2)ccc1Cl. The van der Waals surface area contributed by atoms with E-state index < -0.39 is 16.0 Å². The Morgan fingerprint density at radius 3 is 2.37 bits per heavy atom. The van der Waals surface area contributed by atoms with E-state index in [1.54, 1.807) is 23.1 Å². The van der Waals surface area contributed by atoms with Crippen molar-refractivity contribution in [3.8, 4) is 0 Å². The first-order valence-corrected chi connectivity index (χ1v) is 10.1. The zero-order valence-corrected chi connectivity index (χ0v) is 15.8. The number of nitrogens with one attached hydrogen (secondary N) is 1. The van der Waals surface area contributed by atoms with E-state index in [-0.39, 0.29) is 32.6 Å². The number of nitrogens with zero attached hydrogens (tertiary/aromatic N) is 1. The lowest BCUT2D eigenvalue weighted by Crippen LogP contribution is -2.28. The summed E-state index contributed by atoms with van der Waals surface area (Å²) in [6.45, 7) is 1.28. The summed E-state index contributed by atoms with van der Waals surface area (Å²) in [5.41, 5.74) is 0.0672. The Balaban J connectivity index is 1.94. The molecule has 2 N–H and O–H groups in total. The van der Waals surface area contributed by atoms with Crippen LogP contribution in [0.3, 0.4) is 0 Å². The molecule has 2 aromatic rings. The van der Waals surface area contributed by atoms with Gasteiger partial charge in [0, 0.05) is 13.1 Å². The van der Waals surface area contributed by atoms with Crippen LogP contribution in [0.5, 0.6) is 0 Å². The lowest BCUT2D eigenvalue weighted by molar-refractivity contribution is 0.0696. The van der Waals surface area contributed by atoms with Crippen LogP contribution in [-0.2, 0) is 10.0 Å². The highest BCUT2D eigenvalue weighted by atomic mass is 35.5. The maximum atomic E-state index is 12.7. The second-order valence-electron chi connectivity index (χ2n) is 6.10. The van der Waals surface area contributed by atoms with Gasteiger partial charge in [0.25, 0.3) is 15.9 Å². The Hall–Kier alpha value is -2.58. The molecule has 3 rings (SSSR count).